The molecule has 0 unspecified atom stereocenters. The summed E-state index contributed by atoms with van der Waals surface area (Å²) in [6.07, 6.45) is 1.76. The maximum atomic E-state index is 9.42. The Hall–Kier alpha value is -0.440. The van der Waals surface area contributed by atoms with Gasteiger partial charge in [-0.25, -0.2) is 0 Å². The van der Waals surface area contributed by atoms with Gasteiger partial charge in [-0.05, 0) is 49.6 Å². The molecule has 0 radical (unpaired) electrons. The van der Waals surface area contributed by atoms with E-state index >= 15 is 0 Å². The van der Waals surface area contributed by atoms with Crippen LogP contribution < -0.4 is 0 Å². The predicted molar refractivity (Wildman–Crippen MR) is 62.7 cm³/mol. The van der Waals surface area contributed by atoms with Crippen LogP contribution in [0.1, 0.15) is 13.8 Å². The molecule has 0 aromatic heterocycles. The number of rotatable bonds is 3. The van der Waals surface area contributed by atoms with Gasteiger partial charge in [-0.1, -0.05) is 23.4 Å². The summed E-state index contributed by atoms with van der Waals surface area (Å²) < 4.78 is 0. The molecule has 1 aromatic carbocycles. The van der Waals surface area contributed by atoms with Crippen molar-refractivity contribution in [2.45, 2.75) is 24.3 Å². The fourth-order valence-electron chi connectivity index (χ4n) is 0.792. The lowest BCUT2D eigenvalue weighted by atomic mass is 10.1. The second kappa shape index (κ2) is 4.87. The van der Waals surface area contributed by atoms with Crippen LogP contribution in [0.5, 0.6) is 0 Å². The first-order valence-electron chi connectivity index (χ1n) is 4.30. The highest BCUT2D eigenvalue weighted by molar-refractivity contribution is 8.02. The summed E-state index contributed by atoms with van der Waals surface area (Å²) in [5.41, 5.74) is -0.751. The van der Waals surface area contributed by atoms with E-state index in [1.54, 1.807) is 31.7 Å². The van der Waals surface area contributed by atoms with Gasteiger partial charge in [-0.3, -0.25) is 0 Å². The largest absolute Gasteiger partial charge is 0.386 e. The van der Waals surface area contributed by atoms with E-state index in [2.05, 4.69) is 0 Å². The van der Waals surface area contributed by atoms with Crippen LogP contribution in [0.3, 0.4) is 0 Å². The van der Waals surface area contributed by atoms with E-state index < -0.39 is 5.60 Å². The van der Waals surface area contributed by atoms with Crippen molar-refractivity contribution >= 4 is 23.4 Å². The van der Waals surface area contributed by atoms with E-state index in [9.17, 15) is 5.11 Å². The zero-order valence-electron chi connectivity index (χ0n) is 8.20. The van der Waals surface area contributed by atoms with Gasteiger partial charge in [0.2, 0.25) is 0 Å². The Kier molecular flexibility index (Phi) is 4.05. The molecule has 76 valence electrons. The molecule has 0 spiro atoms. The van der Waals surface area contributed by atoms with Crippen molar-refractivity contribution in [3.63, 3.8) is 0 Å². The Morgan fingerprint density at radius 3 is 2.36 bits per heavy atom. The molecule has 1 nitrogen and oxygen atoms in total. The predicted octanol–water partition coefficient (Wildman–Crippen LogP) is 3.72. The number of aliphatic hydroxyl groups is 1. The Balaban J connectivity index is 2.54. The molecule has 0 heterocycles. The van der Waals surface area contributed by atoms with E-state index in [1.807, 2.05) is 29.7 Å². The molecule has 0 saturated carbocycles. The lowest BCUT2D eigenvalue weighted by Gasteiger charge is -2.09. The summed E-state index contributed by atoms with van der Waals surface area (Å²) in [5, 5.41) is 12.0. The van der Waals surface area contributed by atoms with Crippen LogP contribution in [0, 0.1) is 0 Å². The molecular formula is C11H13ClOS. The summed E-state index contributed by atoms with van der Waals surface area (Å²) in [5.74, 6) is 0. The Morgan fingerprint density at radius 2 is 1.86 bits per heavy atom. The van der Waals surface area contributed by atoms with Crippen molar-refractivity contribution < 1.29 is 5.11 Å². The third kappa shape index (κ3) is 4.70. The average molecular weight is 229 g/mol. The third-order valence-corrected chi connectivity index (χ3v) is 2.56. The van der Waals surface area contributed by atoms with Crippen molar-refractivity contribution in [2.24, 2.45) is 0 Å². The van der Waals surface area contributed by atoms with Crippen molar-refractivity contribution in [1.29, 1.82) is 0 Å². The molecule has 1 N–H and O–H groups in total. The summed E-state index contributed by atoms with van der Waals surface area (Å²) in [6, 6.07) is 7.59. The van der Waals surface area contributed by atoms with Gasteiger partial charge in [0.25, 0.3) is 0 Å². The van der Waals surface area contributed by atoms with Gasteiger partial charge in [0.05, 0.1) is 5.60 Å². The fraction of sp³-hybridized carbons (Fsp3) is 0.273. The fourth-order valence-corrected chi connectivity index (χ4v) is 1.77. The van der Waals surface area contributed by atoms with E-state index in [0.717, 1.165) is 9.92 Å². The van der Waals surface area contributed by atoms with Crippen LogP contribution in [0.15, 0.2) is 40.6 Å². The molecule has 14 heavy (non-hydrogen) atoms. The van der Waals surface area contributed by atoms with Gasteiger partial charge >= 0.3 is 0 Å². The van der Waals surface area contributed by atoms with Crippen LogP contribution >= 0.6 is 23.4 Å². The highest BCUT2D eigenvalue weighted by Crippen LogP contribution is 2.22. The van der Waals surface area contributed by atoms with Crippen LogP contribution in [0.25, 0.3) is 0 Å². The first kappa shape index (κ1) is 11.6. The average Bonchev–Trinajstić information content (AvgIpc) is 2.06. The summed E-state index contributed by atoms with van der Waals surface area (Å²) in [4.78, 5) is 1.11. The summed E-state index contributed by atoms with van der Waals surface area (Å²) in [6.45, 7) is 3.48. The number of thioether (sulfide) groups is 1. The van der Waals surface area contributed by atoms with E-state index in [0.29, 0.717) is 0 Å². The zero-order valence-corrected chi connectivity index (χ0v) is 9.77. The molecule has 0 bridgehead atoms. The normalized spacial score (nSPS) is 12.3. The molecule has 1 rings (SSSR count). The van der Waals surface area contributed by atoms with E-state index in [4.69, 9.17) is 11.6 Å². The SMILES string of the molecule is CC(C)(O)/C=C/Sc1ccc(Cl)cc1. The van der Waals surface area contributed by atoms with Crippen LogP contribution in [-0.2, 0) is 0 Å². The van der Waals surface area contributed by atoms with E-state index in [1.165, 1.54) is 0 Å². The second-order valence-electron chi connectivity index (χ2n) is 3.53. The van der Waals surface area contributed by atoms with Crippen molar-refractivity contribution in [1.82, 2.24) is 0 Å². The highest BCUT2D eigenvalue weighted by Gasteiger charge is 2.05. The number of halogens is 1. The van der Waals surface area contributed by atoms with Crippen LogP contribution in [-0.4, -0.2) is 10.7 Å². The molecular weight excluding hydrogens is 216 g/mol. The van der Waals surface area contributed by atoms with Gasteiger partial charge in [-0.15, -0.1) is 0 Å². The molecule has 0 amide bonds. The van der Waals surface area contributed by atoms with Crippen molar-refractivity contribution in [3.05, 3.63) is 40.8 Å². The van der Waals surface area contributed by atoms with Gasteiger partial charge in [0, 0.05) is 9.92 Å². The quantitative estimate of drug-likeness (QED) is 0.796. The molecule has 0 saturated heterocycles. The van der Waals surface area contributed by atoms with Crippen LogP contribution in [0.2, 0.25) is 5.02 Å². The molecule has 0 fully saturated rings. The number of hydrogen-bond donors (Lipinski definition) is 1. The maximum Gasteiger partial charge on any atom is 0.0779 e. The van der Waals surface area contributed by atoms with Gasteiger partial charge in [0.15, 0.2) is 0 Å². The van der Waals surface area contributed by atoms with Gasteiger partial charge in [-0.2, -0.15) is 0 Å². The highest BCUT2D eigenvalue weighted by atomic mass is 35.5. The summed E-state index contributed by atoms with van der Waals surface area (Å²) >= 11 is 7.31. The van der Waals surface area contributed by atoms with Crippen LogP contribution in [0.4, 0.5) is 0 Å². The minimum absolute atomic E-state index is 0.737. The maximum absolute atomic E-state index is 9.42. The van der Waals surface area contributed by atoms with Gasteiger partial charge < -0.3 is 5.11 Å². The second-order valence-corrected chi connectivity index (χ2v) is 4.94. The smallest absolute Gasteiger partial charge is 0.0779 e. The number of hydrogen-bond acceptors (Lipinski definition) is 2. The minimum Gasteiger partial charge on any atom is -0.386 e. The van der Waals surface area contributed by atoms with Gasteiger partial charge in [0.1, 0.15) is 0 Å². The molecule has 0 aliphatic rings. The number of benzene rings is 1. The molecule has 0 atom stereocenters. The third-order valence-electron chi connectivity index (χ3n) is 1.49. The topological polar surface area (TPSA) is 20.2 Å². The summed E-state index contributed by atoms with van der Waals surface area (Å²) in [7, 11) is 0. The molecule has 0 aliphatic carbocycles. The molecule has 1 aromatic rings. The Labute approximate surface area is 93.8 Å². The first-order chi connectivity index (χ1) is 6.47. The monoisotopic (exact) mass is 228 g/mol. The van der Waals surface area contributed by atoms with E-state index in [-0.39, 0.29) is 0 Å². The molecule has 0 aliphatic heterocycles. The lowest BCUT2D eigenvalue weighted by molar-refractivity contribution is 0.133. The zero-order chi connectivity index (χ0) is 10.6. The first-order valence-corrected chi connectivity index (χ1v) is 5.55. The standard InChI is InChI=1S/C11H13ClOS/c1-11(2,13)7-8-14-10-5-3-9(12)4-6-10/h3-8,13H,1-2H3/b8-7+. The molecule has 3 heteroatoms. The Morgan fingerprint density at radius 1 is 1.29 bits per heavy atom. The van der Waals surface area contributed by atoms with Crippen molar-refractivity contribution in [3.8, 4) is 0 Å². The minimum atomic E-state index is -0.751. The van der Waals surface area contributed by atoms with Crippen molar-refractivity contribution in [2.75, 3.05) is 0 Å². The lowest BCUT2D eigenvalue weighted by Crippen LogP contribution is -2.13. The Bertz CT molecular complexity index is 311.